The third-order valence-corrected chi connectivity index (χ3v) is 5.61. The third-order valence-electron chi connectivity index (χ3n) is 4.79. The van der Waals surface area contributed by atoms with Crippen molar-refractivity contribution in [1.82, 2.24) is 4.98 Å². The molecule has 0 fully saturated rings. The van der Waals surface area contributed by atoms with Gasteiger partial charge in [-0.2, -0.15) is 0 Å². The maximum atomic E-state index is 12.9. The first-order valence-electron chi connectivity index (χ1n) is 9.36. The molecule has 4 rings (SSSR count). The highest BCUT2D eigenvalue weighted by molar-refractivity contribution is 7.09. The number of nitrogens with one attached hydrogen (secondary N) is 1. The van der Waals surface area contributed by atoms with Crippen LogP contribution in [0.15, 0.2) is 47.8 Å². The number of hydrogen-bond donors (Lipinski definition) is 1. The number of aromatic nitrogens is 1. The van der Waals surface area contributed by atoms with Gasteiger partial charge in [0.05, 0.1) is 16.3 Å². The summed E-state index contributed by atoms with van der Waals surface area (Å²) in [6, 6.07) is 12.8. The van der Waals surface area contributed by atoms with Crippen LogP contribution >= 0.6 is 11.3 Å². The van der Waals surface area contributed by atoms with E-state index in [0.717, 1.165) is 28.4 Å². The van der Waals surface area contributed by atoms with Gasteiger partial charge in [-0.1, -0.05) is 12.1 Å². The fourth-order valence-corrected chi connectivity index (χ4v) is 4.01. The number of fused-ring (bicyclic) bond motifs is 1. The number of rotatable bonds is 5. The van der Waals surface area contributed by atoms with Gasteiger partial charge in [0.2, 0.25) is 5.91 Å². The normalized spacial score (nSPS) is 12.6. The zero-order chi connectivity index (χ0) is 20.4. The molecule has 0 unspecified atom stereocenters. The Morgan fingerprint density at radius 2 is 2.07 bits per heavy atom. The summed E-state index contributed by atoms with van der Waals surface area (Å²) in [4.78, 5) is 30.7. The molecule has 0 spiro atoms. The summed E-state index contributed by atoms with van der Waals surface area (Å²) in [6.07, 6.45) is 0.783. The summed E-state index contributed by atoms with van der Waals surface area (Å²) in [6.45, 7) is 4.50. The summed E-state index contributed by atoms with van der Waals surface area (Å²) in [5.41, 5.74) is 3.98. The molecule has 0 saturated carbocycles. The van der Waals surface area contributed by atoms with Crippen LogP contribution in [0.4, 0.5) is 11.4 Å². The Morgan fingerprint density at radius 3 is 2.83 bits per heavy atom. The van der Waals surface area contributed by atoms with Gasteiger partial charge in [0.25, 0.3) is 5.91 Å². The Hall–Kier alpha value is -3.19. The van der Waals surface area contributed by atoms with Crippen LogP contribution in [-0.4, -0.2) is 23.3 Å². The average Bonchev–Trinajstić information content (AvgIpc) is 3.32. The highest BCUT2D eigenvalue weighted by Gasteiger charge is 2.22. The van der Waals surface area contributed by atoms with E-state index in [-0.39, 0.29) is 11.8 Å². The largest absolute Gasteiger partial charge is 0.486 e. The van der Waals surface area contributed by atoms with Crippen molar-refractivity contribution < 1.29 is 14.3 Å². The number of para-hydroxylation sites is 1. The van der Waals surface area contributed by atoms with Crippen molar-refractivity contribution in [3.05, 3.63) is 69.7 Å². The number of hydrogen-bond acceptors (Lipinski definition) is 5. The number of nitrogens with zero attached hydrogens (tertiary/aromatic N) is 2. The van der Waals surface area contributed by atoms with Crippen LogP contribution in [0.2, 0.25) is 0 Å². The van der Waals surface area contributed by atoms with Gasteiger partial charge in [-0.15, -0.1) is 11.3 Å². The second-order valence-corrected chi connectivity index (χ2v) is 7.92. The Labute approximate surface area is 173 Å². The van der Waals surface area contributed by atoms with Gasteiger partial charge in [0.1, 0.15) is 12.4 Å². The maximum Gasteiger partial charge on any atom is 0.259 e. The molecule has 1 N–H and O–H groups in total. The Bertz CT molecular complexity index is 1080. The standard InChI is InChI=1S/C22H21N3O3S/c1-14-23-18(13-29-14)12-28-21-6-4-3-5-19(21)22(27)24-17-7-8-20-16(11-17)9-10-25(20)15(2)26/h3-8,11,13H,9-10,12H2,1-2H3,(H,24,27). The predicted molar refractivity (Wildman–Crippen MR) is 114 cm³/mol. The quantitative estimate of drug-likeness (QED) is 0.688. The molecule has 6 nitrogen and oxygen atoms in total. The lowest BCUT2D eigenvalue weighted by Crippen LogP contribution is -2.25. The Kier molecular flexibility index (Phi) is 5.31. The van der Waals surface area contributed by atoms with Crippen LogP contribution in [-0.2, 0) is 17.8 Å². The molecule has 0 aliphatic carbocycles. The van der Waals surface area contributed by atoms with Crippen molar-refractivity contribution >= 4 is 34.5 Å². The van der Waals surface area contributed by atoms with E-state index in [1.165, 1.54) is 0 Å². The lowest BCUT2D eigenvalue weighted by atomic mass is 10.1. The lowest BCUT2D eigenvalue weighted by molar-refractivity contribution is -0.116. The Morgan fingerprint density at radius 1 is 1.24 bits per heavy atom. The molecule has 2 heterocycles. The van der Waals surface area contributed by atoms with Crippen LogP contribution in [0.1, 0.15) is 33.5 Å². The fraction of sp³-hybridized carbons (Fsp3) is 0.227. The molecule has 2 aromatic carbocycles. The molecule has 0 saturated heterocycles. The number of carbonyl (C=O) groups excluding carboxylic acids is 2. The first-order valence-corrected chi connectivity index (χ1v) is 10.2. The SMILES string of the molecule is CC(=O)N1CCc2cc(NC(=O)c3ccccc3OCc3csc(C)n3)ccc21. The topological polar surface area (TPSA) is 71.5 Å². The van der Waals surface area contributed by atoms with E-state index in [0.29, 0.717) is 30.2 Å². The van der Waals surface area contributed by atoms with E-state index in [2.05, 4.69) is 10.3 Å². The molecule has 1 aliphatic heterocycles. The lowest BCUT2D eigenvalue weighted by Gasteiger charge is -2.15. The molecule has 0 bridgehead atoms. The fourth-order valence-electron chi connectivity index (χ4n) is 3.41. The summed E-state index contributed by atoms with van der Waals surface area (Å²) >= 11 is 1.57. The van der Waals surface area contributed by atoms with E-state index < -0.39 is 0 Å². The van der Waals surface area contributed by atoms with Crippen LogP contribution in [0.3, 0.4) is 0 Å². The summed E-state index contributed by atoms with van der Waals surface area (Å²) < 4.78 is 5.85. The second kappa shape index (κ2) is 8.05. The van der Waals surface area contributed by atoms with E-state index in [9.17, 15) is 9.59 Å². The predicted octanol–water partition coefficient (Wildman–Crippen LogP) is 4.19. The smallest absolute Gasteiger partial charge is 0.259 e. The molecular weight excluding hydrogens is 386 g/mol. The second-order valence-electron chi connectivity index (χ2n) is 6.86. The Balaban J connectivity index is 1.48. The van der Waals surface area contributed by atoms with Crippen molar-refractivity contribution in [1.29, 1.82) is 0 Å². The summed E-state index contributed by atoms with van der Waals surface area (Å²) in [5, 5.41) is 5.87. The minimum atomic E-state index is -0.239. The van der Waals surface area contributed by atoms with E-state index >= 15 is 0 Å². The average molecular weight is 407 g/mol. The van der Waals surface area contributed by atoms with Crippen LogP contribution in [0, 0.1) is 6.92 Å². The molecule has 29 heavy (non-hydrogen) atoms. The zero-order valence-electron chi connectivity index (χ0n) is 16.3. The van der Waals surface area contributed by atoms with Crippen molar-refractivity contribution in [2.24, 2.45) is 0 Å². The molecule has 2 amide bonds. The molecule has 148 valence electrons. The summed E-state index contributed by atoms with van der Waals surface area (Å²) in [7, 11) is 0. The van der Waals surface area contributed by atoms with Gasteiger partial charge in [0.15, 0.2) is 0 Å². The van der Waals surface area contributed by atoms with Gasteiger partial charge in [-0.25, -0.2) is 4.98 Å². The van der Waals surface area contributed by atoms with E-state index in [1.807, 2.05) is 42.6 Å². The van der Waals surface area contributed by atoms with Crippen LogP contribution in [0.25, 0.3) is 0 Å². The number of benzene rings is 2. The van der Waals surface area contributed by atoms with Crippen molar-refractivity contribution in [2.75, 3.05) is 16.8 Å². The van der Waals surface area contributed by atoms with Crippen molar-refractivity contribution in [2.45, 2.75) is 26.9 Å². The summed E-state index contributed by atoms with van der Waals surface area (Å²) in [5.74, 6) is 0.304. The monoisotopic (exact) mass is 407 g/mol. The minimum Gasteiger partial charge on any atom is -0.486 e. The highest BCUT2D eigenvalue weighted by Crippen LogP contribution is 2.31. The first-order chi connectivity index (χ1) is 14.0. The third kappa shape index (κ3) is 4.14. The zero-order valence-corrected chi connectivity index (χ0v) is 17.1. The van der Waals surface area contributed by atoms with Crippen LogP contribution < -0.4 is 15.0 Å². The molecule has 0 radical (unpaired) electrons. The molecule has 0 atom stereocenters. The number of aryl methyl sites for hydroxylation is 1. The molecule has 1 aromatic heterocycles. The minimum absolute atomic E-state index is 0.0296. The number of ether oxygens (including phenoxy) is 1. The van der Waals surface area contributed by atoms with Gasteiger partial charge < -0.3 is 15.0 Å². The first kappa shape index (κ1) is 19.1. The molecule has 1 aliphatic rings. The van der Waals surface area contributed by atoms with Gasteiger partial charge in [-0.05, 0) is 49.2 Å². The molecule has 3 aromatic rings. The number of anilines is 2. The number of thiazole rings is 1. The van der Waals surface area contributed by atoms with Gasteiger partial charge in [0, 0.05) is 30.2 Å². The van der Waals surface area contributed by atoms with E-state index in [4.69, 9.17) is 4.74 Å². The van der Waals surface area contributed by atoms with Gasteiger partial charge >= 0.3 is 0 Å². The number of amides is 2. The van der Waals surface area contributed by atoms with Crippen molar-refractivity contribution in [3.8, 4) is 5.75 Å². The number of carbonyl (C=O) groups is 2. The molecule has 7 heteroatoms. The van der Waals surface area contributed by atoms with Crippen molar-refractivity contribution in [3.63, 3.8) is 0 Å². The molecular formula is C22H21N3O3S. The maximum absolute atomic E-state index is 12.9. The van der Waals surface area contributed by atoms with E-state index in [1.54, 1.807) is 35.3 Å². The van der Waals surface area contributed by atoms with Crippen LogP contribution in [0.5, 0.6) is 5.75 Å². The van der Waals surface area contributed by atoms with Gasteiger partial charge in [-0.3, -0.25) is 9.59 Å². The highest BCUT2D eigenvalue weighted by atomic mass is 32.1.